The van der Waals surface area contributed by atoms with Crippen LogP contribution < -0.4 is 9.46 Å². The van der Waals surface area contributed by atoms with Crippen molar-refractivity contribution in [1.82, 2.24) is 9.29 Å². The van der Waals surface area contributed by atoms with Crippen molar-refractivity contribution in [2.24, 2.45) is 0 Å². The first-order valence-corrected chi connectivity index (χ1v) is 13.1. The fourth-order valence-corrected chi connectivity index (χ4v) is 5.31. The monoisotopic (exact) mass is 524 g/mol. The summed E-state index contributed by atoms with van der Waals surface area (Å²) in [5.41, 5.74) is 2.90. The Balaban J connectivity index is 1.72. The molecule has 0 aliphatic heterocycles. The van der Waals surface area contributed by atoms with E-state index in [-0.39, 0.29) is 17.2 Å². The van der Waals surface area contributed by atoms with Crippen LogP contribution in [0.15, 0.2) is 71.6 Å². The highest BCUT2D eigenvalue weighted by Crippen LogP contribution is 2.31. The number of benzene rings is 3. The van der Waals surface area contributed by atoms with Gasteiger partial charge in [-0.25, -0.2) is 13.1 Å². The number of sulfonamides is 1. The Kier molecular flexibility index (Phi) is 7.19. The number of methoxy groups -OCH3 is 1. The van der Waals surface area contributed by atoms with Crippen LogP contribution in [0.25, 0.3) is 10.9 Å². The highest BCUT2D eigenvalue weighted by atomic mass is 35.5. The molecular weight excluding hydrogens is 500 g/mol. The molecule has 9 heteroatoms. The van der Waals surface area contributed by atoms with E-state index in [1.165, 1.54) is 17.7 Å². The Morgan fingerprint density at radius 1 is 1.03 bits per heavy atom. The molecule has 0 spiro atoms. The third kappa shape index (κ3) is 5.01. The topological polar surface area (TPSA) is 94.5 Å². The summed E-state index contributed by atoms with van der Waals surface area (Å²) in [5.74, 6) is -0.458. The number of carbonyl (C=O) groups excluding carboxylic acids is 2. The van der Waals surface area contributed by atoms with Gasteiger partial charge in [0, 0.05) is 21.7 Å². The lowest BCUT2D eigenvalue weighted by molar-refractivity contribution is -0.118. The van der Waals surface area contributed by atoms with E-state index in [0.717, 1.165) is 5.56 Å². The standard InChI is InChI=1S/C27H25ClN2O5S/c1-4-18-6-5-7-22(14-18)36(33,34)29-26(31)16-23-17(2)30(25-13-12-21(35-3)15-24(23)25)27(32)19-8-10-20(28)11-9-19/h5-15H,4,16H2,1-3H3,(H,29,31). The molecule has 0 radical (unpaired) electrons. The molecule has 1 heterocycles. The maximum absolute atomic E-state index is 13.4. The maximum atomic E-state index is 13.4. The van der Waals surface area contributed by atoms with E-state index in [9.17, 15) is 18.0 Å². The molecule has 7 nitrogen and oxygen atoms in total. The number of fused-ring (bicyclic) bond motifs is 1. The van der Waals surface area contributed by atoms with Crippen LogP contribution in [0.4, 0.5) is 0 Å². The summed E-state index contributed by atoms with van der Waals surface area (Å²) in [6, 6.07) is 18.2. The second-order valence-corrected chi connectivity index (χ2v) is 10.4. The average Bonchev–Trinajstić information content (AvgIpc) is 3.13. The van der Waals surface area contributed by atoms with Crippen LogP contribution in [0.5, 0.6) is 5.75 Å². The molecule has 0 atom stereocenters. The van der Waals surface area contributed by atoms with Crippen molar-refractivity contribution in [2.75, 3.05) is 7.11 Å². The van der Waals surface area contributed by atoms with Gasteiger partial charge in [-0.05, 0) is 79.1 Å². The Labute approximate surface area is 214 Å². The molecule has 0 saturated heterocycles. The van der Waals surface area contributed by atoms with Gasteiger partial charge in [0.15, 0.2) is 0 Å². The first kappa shape index (κ1) is 25.5. The Bertz CT molecular complexity index is 1570. The second kappa shape index (κ2) is 10.2. The molecular formula is C27H25ClN2O5S. The van der Waals surface area contributed by atoms with Crippen molar-refractivity contribution in [3.05, 3.63) is 94.1 Å². The minimum Gasteiger partial charge on any atom is -0.497 e. The molecule has 0 saturated carbocycles. The third-order valence-corrected chi connectivity index (χ3v) is 7.66. The number of carbonyl (C=O) groups is 2. The molecule has 1 aromatic heterocycles. The van der Waals surface area contributed by atoms with Gasteiger partial charge in [0.05, 0.1) is 23.9 Å². The van der Waals surface area contributed by atoms with Crippen LogP contribution in [0.1, 0.15) is 34.1 Å². The van der Waals surface area contributed by atoms with Crippen LogP contribution in [0, 0.1) is 6.92 Å². The summed E-state index contributed by atoms with van der Waals surface area (Å²) in [6.45, 7) is 3.64. The number of hydrogen-bond donors (Lipinski definition) is 1. The summed E-state index contributed by atoms with van der Waals surface area (Å²) in [5, 5.41) is 1.13. The predicted octanol–water partition coefficient (Wildman–Crippen LogP) is 4.91. The highest BCUT2D eigenvalue weighted by molar-refractivity contribution is 7.90. The van der Waals surface area contributed by atoms with E-state index in [0.29, 0.717) is 44.9 Å². The lowest BCUT2D eigenvalue weighted by atomic mass is 10.1. The molecule has 1 amide bonds. The van der Waals surface area contributed by atoms with Gasteiger partial charge in [0.2, 0.25) is 5.91 Å². The van der Waals surface area contributed by atoms with Crippen LogP contribution >= 0.6 is 11.6 Å². The zero-order valence-corrected chi connectivity index (χ0v) is 21.6. The average molecular weight is 525 g/mol. The zero-order valence-electron chi connectivity index (χ0n) is 20.0. The molecule has 186 valence electrons. The molecule has 1 N–H and O–H groups in total. The number of rotatable bonds is 7. The van der Waals surface area contributed by atoms with Crippen molar-refractivity contribution in [3.8, 4) is 5.75 Å². The number of halogens is 1. The summed E-state index contributed by atoms with van der Waals surface area (Å²) in [6.07, 6.45) is 0.419. The SMILES string of the molecule is CCc1cccc(S(=O)(=O)NC(=O)Cc2c(C)n(C(=O)c3ccc(Cl)cc3)c3ccc(OC)cc23)c1. The first-order valence-electron chi connectivity index (χ1n) is 11.3. The van der Waals surface area contributed by atoms with E-state index in [2.05, 4.69) is 4.72 Å². The van der Waals surface area contributed by atoms with E-state index in [1.54, 1.807) is 61.5 Å². The third-order valence-electron chi connectivity index (χ3n) is 6.04. The Morgan fingerprint density at radius 2 is 1.75 bits per heavy atom. The van der Waals surface area contributed by atoms with Crippen LogP contribution in [-0.4, -0.2) is 31.9 Å². The summed E-state index contributed by atoms with van der Waals surface area (Å²) < 4.78 is 34.7. The van der Waals surface area contributed by atoms with Crippen LogP contribution in [-0.2, 0) is 27.7 Å². The van der Waals surface area contributed by atoms with Gasteiger partial charge in [-0.1, -0.05) is 30.7 Å². The van der Waals surface area contributed by atoms with Gasteiger partial charge >= 0.3 is 0 Å². The lowest BCUT2D eigenvalue weighted by Gasteiger charge is -2.09. The minimum absolute atomic E-state index is 0.0222. The number of hydrogen-bond acceptors (Lipinski definition) is 5. The van der Waals surface area contributed by atoms with Gasteiger partial charge in [-0.2, -0.15) is 0 Å². The number of aryl methyl sites for hydroxylation is 1. The molecule has 3 aromatic carbocycles. The maximum Gasteiger partial charge on any atom is 0.264 e. The molecule has 0 unspecified atom stereocenters. The van der Waals surface area contributed by atoms with E-state index >= 15 is 0 Å². The number of nitrogens with one attached hydrogen (secondary N) is 1. The van der Waals surface area contributed by atoms with Gasteiger partial charge in [0.25, 0.3) is 15.9 Å². The summed E-state index contributed by atoms with van der Waals surface area (Å²) in [4.78, 5) is 26.4. The first-order chi connectivity index (χ1) is 17.1. The Hall–Kier alpha value is -3.62. The quantitative estimate of drug-likeness (QED) is 0.370. The van der Waals surface area contributed by atoms with Crippen molar-refractivity contribution in [1.29, 1.82) is 0 Å². The van der Waals surface area contributed by atoms with Crippen molar-refractivity contribution < 1.29 is 22.7 Å². The summed E-state index contributed by atoms with van der Waals surface area (Å²) >= 11 is 5.97. The fourth-order valence-electron chi connectivity index (χ4n) is 4.13. The number of aromatic nitrogens is 1. The smallest absolute Gasteiger partial charge is 0.264 e. The largest absolute Gasteiger partial charge is 0.497 e. The Morgan fingerprint density at radius 3 is 2.42 bits per heavy atom. The van der Waals surface area contributed by atoms with Crippen molar-refractivity contribution in [2.45, 2.75) is 31.6 Å². The second-order valence-electron chi connectivity index (χ2n) is 8.30. The highest BCUT2D eigenvalue weighted by Gasteiger charge is 2.24. The fraction of sp³-hybridized carbons (Fsp3) is 0.185. The molecule has 36 heavy (non-hydrogen) atoms. The van der Waals surface area contributed by atoms with E-state index < -0.39 is 15.9 Å². The van der Waals surface area contributed by atoms with Gasteiger partial charge in [0.1, 0.15) is 5.75 Å². The van der Waals surface area contributed by atoms with E-state index in [4.69, 9.17) is 16.3 Å². The lowest BCUT2D eigenvalue weighted by Crippen LogP contribution is -2.32. The zero-order chi connectivity index (χ0) is 26.0. The normalized spacial score (nSPS) is 11.4. The molecule has 0 aliphatic rings. The predicted molar refractivity (Wildman–Crippen MR) is 139 cm³/mol. The molecule has 4 aromatic rings. The number of amides is 1. The molecule has 4 rings (SSSR count). The van der Waals surface area contributed by atoms with Crippen molar-refractivity contribution in [3.63, 3.8) is 0 Å². The van der Waals surface area contributed by atoms with Crippen molar-refractivity contribution >= 4 is 44.3 Å². The van der Waals surface area contributed by atoms with Gasteiger partial charge in [-0.15, -0.1) is 0 Å². The number of nitrogens with zero attached hydrogens (tertiary/aromatic N) is 1. The summed E-state index contributed by atoms with van der Waals surface area (Å²) in [7, 11) is -2.54. The molecule has 0 aliphatic carbocycles. The van der Waals surface area contributed by atoms with Gasteiger partial charge < -0.3 is 4.74 Å². The molecule has 0 fully saturated rings. The minimum atomic E-state index is -4.06. The van der Waals surface area contributed by atoms with E-state index in [1.807, 2.05) is 13.0 Å². The van der Waals surface area contributed by atoms with Crippen LogP contribution in [0.2, 0.25) is 5.02 Å². The van der Waals surface area contributed by atoms with Crippen LogP contribution in [0.3, 0.4) is 0 Å². The number of ether oxygens (including phenoxy) is 1. The molecule has 0 bridgehead atoms. The van der Waals surface area contributed by atoms with Gasteiger partial charge in [-0.3, -0.25) is 14.2 Å².